The van der Waals surface area contributed by atoms with Crippen LogP contribution in [0, 0.1) is 12.8 Å². The predicted octanol–water partition coefficient (Wildman–Crippen LogP) is 3.44. The molecule has 1 aliphatic heterocycles. The highest BCUT2D eigenvalue weighted by Gasteiger charge is 2.30. The predicted molar refractivity (Wildman–Crippen MR) is 84.9 cm³/mol. The first kappa shape index (κ1) is 15.1. The first-order valence-electron chi connectivity index (χ1n) is 7.17. The fourth-order valence-corrected chi connectivity index (χ4v) is 3.50. The Kier molecular flexibility index (Phi) is 3.95. The molecule has 0 radical (unpaired) electrons. The number of carboxylic acid groups (broad SMARTS) is 1. The van der Waals surface area contributed by atoms with Crippen molar-refractivity contribution in [2.75, 3.05) is 13.1 Å². The number of hydrogen-bond donors (Lipinski definition) is 1. The number of nitrogens with zero attached hydrogens (tertiary/aromatic N) is 1. The lowest BCUT2D eigenvalue weighted by Gasteiger charge is -2.29. The second kappa shape index (κ2) is 5.76. The summed E-state index contributed by atoms with van der Waals surface area (Å²) in [6.45, 7) is 2.74. The second-order valence-corrected chi connectivity index (χ2v) is 6.60. The number of piperidine rings is 1. The Morgan fingerprint density at radius 2 is 2.14 bits per heavy atom. The lowest BCUT2D eigenvalue weighted by Crippen LogP contribution is -2.42. The van der Waals surface area contributed by atoms with Crippen LogP contribution in [0.3, 0.4) is 0 Å². The fraction of sp³-hybridized carbons (Fsp3) is 0.375. The van der Waals surface area contributed by atoms with E-state index in [2.05, 4.69) is 15.9 Å². The summed E-state index contributed by atoms with van der Waals surface area (Å²) in [5.41, 5.74) is 1.64. The number of likely N-dealkylation sites (tertiary alicyclic amines) is 1. The molecule has 1 N–H and O–H groups in total. The molecule has 1 atom stereocenters. The van der Waals surface area contributed by atoms with Gasteiger partial charge in [-0.2, -0.15) is 0 Å². The van der Waals surface area contributed by atoms with Crippen LogP contribution in [-0.2, 0) is 4.79 Å². The van der Waals surface area contributed by atoms with Gasteiger partial charge in [0.1, 0.15) is 5.58 Å². The Labute approximate surface area is 136 Å². The third kappa shape index (κ3) is 2.75. The number of halogens is 1. The number of carbonyl (C=O) groups excluding carboxylic acids is 1. The second-order valence-electron chi connectivity index (χ2n) is 5.68. The lowest BCUT2D eigenvalue weighted by molar-refractivity contribution is -0.143. The van der Waals surface area contributed by atoms with Crippen LogP contribution in [0.5, 0.6) is 0 Å². The molecule has 1 aliphatic rings. The molecule has 2 heterocycles. The molecule has 0 unspecified atom stereocenters. The quantitative estimate of drug-likeness (QED) is 0.884. The van der Waals surface area contributed by atoms with Crippen LogP contribution < -0.4 is 0 Å². The summed E-state index contributed by atoms with van der Waals surface area (Å²) >= 11 is 3.43. The fourth-order valence-electron chi connectivity index (χ4n) is 2.91. The molecule has 1 fully saturated rings. The molecule has 1 aromatic heterocycles. The maximum Gasteiger partial charge on any atom is 0.308 e. The van der Waals surface area contributed by atoms with Crippen LogP contribution in [0.25, 0.3) is 11.0 Å². The number of benzene rings is 1. The Morgan fingerprint density at radius 3 is 2.86 bits per heavy atom. The molecule has 6 heteroatoms. The molecule has 0 bridgehead atoms. The van der Waals surface area contributed by atoms with Crippen molar-refractivity contribution in [3.05, 3.63) is 34.0 Å². The molecule has 2 aromatic rings. The summed E-state index contributed by atoms with van der Waals surface area (Å²) in [6, 6.07) is 5.56. The smallest absolute Gasteiger partial charge is 0.308 e. The molecule has 0 spiro atoms. The van der Waals surface area contributed by atoms with E-state index in [0.29, 0.717) is 25.0 Å². The summed E-state index contributed by atoms with van der Waals surface area (Å²) in [6.07, 6.45) is 1.32. The molecule has 0 aliphatic carbocycles. The van der Waals surface area contributed by atoms with Gasteiger partial charge in [0.25, 0.3) is 5.91 Å². The Bertz CT molecular complexity index is 752. The van der Waals surface area contributed by atoms with Crippen LogP contribution >= 0.6 is 15.9 Å². The first-order chi connectivity index (χ1) is 10.5. The molecule has 116 valence electrons. The highest BCUT2D eigenvalue weighted by molar-refractivity contribution is 9.10. The van der Waals surface area contributed by atoms with Gasteiger partial charge in [-0.25, -0.2) is 0 Å². The summed E-state index contributed by atoms with van der Waals surface area (Å²) < 4.78 is 6.64. The van der Waals surface area contributed by atoms with Gasteiger partial charge >= 0.3 is 5.97 Å². The van der Waals surface area contributed by atoms with Crippen LogP contribution in [-0.4, -0.2) is 35.0 Å². The van der Waals surface area contributed by atoms with Gasteiger partial charge in [0.05, 0.1) is 5.92 Å². The van der Waals surface area contributed by atoms with Gasteiger partial charge in [-0.3, -0.25) is 9.59 Å². The maximum absolute atomic E-state index is 12.6. The third-order valence-electron chi connectivity index (χ3n) is 4.04. The van der Waals surface area contributed by atoms with Gasteiger partial charge in [-0.15, -0.1) is 0 Å². The monoisotopic (exact) mass is 365 g/mol. The lowest BCUT2D eigenvalue weighted by atomic mass is 9.98. The molecular formula is C16H16BrNO4. The number of aryl methyl sites for hydroxylation is 1. The van der Waals surface area contributed by atoms with Gasteiger partial charge in [-0.05, 0) is 43.5 Å². The maximum atomic E-state index is 12.6. The van der Waals surface area contributed by atoms with Gasteiger partial charge in [0.15, 0.2) is 5.76 Å². The average molecular weight is 366 g/mol. The average Bonchev–Trinajstić information content (AvgIpc) is 2.90. The number of carboxylic acids is 1. The SMILES string of the molecule is Cc1cc(Br)cc2cc(C(=O)N3CCC[C@H](C(=O)O)C3)oc12. The molecule has 22 heavy (non-hydrogen) atoms. The molecule has 1 aromatic carbocycles. The normalized spacial score (nSPS) is 18.6. The Morgan fingerprint density at radius 1 is 1.36 bits per heavy atom. The van der Waals surface area contributed by atoms with E-state index in [1.165, 1.54) is 0 Å². The standard InChI is InChI=1S/C16H16BrNO4/c1-9-5-12(17)6-11-7-13(22-14(9)11)15(19)18-4-2-3-10(8-18)16(20)21/h5-7,10H,2-4,8H2,1H3,(H,20,21)/t10-/m0/s1. The van der Waals surface area contributed by atoms with Crippen molar-refractivity contribution in [1.29, 1.82) is 0 Å². The van der Waals surface area contributed by atoms with E-state index in [-0.39, 0.29) is 18.2 Å². The van der Waals surface area contributed by atoms with E-state index in [0.717, 1.165) is 15.4 Å². The van der Waals surface area contributed by atoms with Crippen LogP contribution in [0.15, 0.2) is 27.1 Å². The van der Waals surface area contributed by atoms with Crippen molar-refractivity contribution >= 4 is 38.8 Å². The van der Waals surface area contributed by atoms with E-state index >= 15 is 0 Å². The molecule has 1 saturated heterocycles. The summed E-state index contributed by atoms with van der Waals surface area (Å²) in [4.78, 5) is 25.3. The minimum absolute atomic E-state index is 0.238. The van der Waals surface area contributed by atoms with Crippen molar-refractivity contribution < 1.29 is 19.1 Å². The van der Waals surface area contributed by atoms with Crippen LogP contribution in [0.4, 0.5) is 0 Å². The van der Waals surface area contributed by atoms with Crippen molar-refractivity contribution in [2.45, 2.75) is 19.8 Å². The minimum Gasteiger partial charge on any atom is -0.481 e. The van der Waals surface area contributed by atoms with Gasteiger partial charge in [0.2, 0.25) is 0 Å². The number of carbonyl (C=O) groups is 2. The number of amides is 1. The van der Waals surface area contributed by atoms with E-state index in [1.54, 1.807) is 11.0 Å². The number of furan rings is 1. The Balaban J connectivity index is 1.89. The topological polar surface area (TPSA) is 70.8 Å². The van der Waals surface area contributed by atoms with Gasteiger partial charge < -0.3 is 14.4 Å². The highest BCUT2D eigenvalue weighted by Crippen LogP contribution is 2.28. The zero-order valence-electron chi connectivity index (χ0n) is 12.1. The van der Waals surface area contributed by atoms with E-state index in [1.807, 2.05) is 19.1 Å². The number of rotatable bonds is 2. The van der Waals surface area contributed by atoms with E-state index in [9.17, 15) is 9.59 Å². The molecular weight excluding hydrogens is 350 g/mol. The Hall–Kier alpha value is -1.82. The molecule has 3 rings (SSSR count). The van der Waals surface area contributed by atoms with E-state index < -0.39 is 11.9 Å². The summed E-state index contributed by atoms with van der Waals surface area (Å²) in [5.74, 6) is -1.31. The van der Waals surface area contributed by atoms with Crippen molar-refractivity contribution in [1.82, 2.24) is 4.90 Å². The zero-order valence-corrected chi connectivity index (χ0v) is 13.7. The number of fused-ring (bicyclic) bond motifs is 1. The molecule has 1 amide bonds. The zero-order chi connectivity index (χ0) is 15.9. The van der Waals surface area contributed by atoms with Gasteiger partial charge in [-0.1, -0.05) is 15.9 Å². The van der Waals surface area contributed by atoms with Crippen LogP contribution in [0.1, 0.15) is 29.0 Å². The minimum atomic E-state index is -0.845. The number of aliphatic carboxylic acids is 1. The summed E-state index contributed by atoms with van der Waals surface area (Å²) in [7, 11) is 0. The van der Waals surface area contributed by atoms with Crippen molar-refractivity contribution in [2.24, 2.45) is 5.92 Å². The third-order valence-corrected chi connectivity index (χ3v) is 4.49. The van der Waals surface area contributed by atoms with Crippen LogP contribution in [0.2, 0.25) is 0 Å². The summed E-state index contributed by atoms with van der Waals surface area (Å²) in [5, 5.41) is 9.99. The molecule has 0 saturated carbocycles. The first-order valence-corrected chi connectivity index (χ1v) is 7.97. The molecule has 5 nitrogen and oxygen atoms in total. The van der Waals surface area contributed by atoms with Crippen molar-refractivity contribution in [3.8, 4) is 0 Å². The highest BCUT2D eigenvalue weighted by atomic mass is 79.9. The van der Waals surface area contributed by atoms with Crippen molar-refractivity contribution in [3.63, 3.8) is 0 Å². The number of hydrogen-bond acceptors (Lipinski definition) is 3. The largest absolute Gasteiger partial charge is 0.481 e. The van der Waals surface area contributed by atoms with Gasteiger partial charge in [0, 0.05) is 22.9 Å². The van der Waals surface area contributed by atoms with E-state index in [4.69, 9.17) is 9.52 Å².